The fourth-order valence-corrected chi connectivity index (χ4v) is 3.48. The predicted octanol–water partition coefficient (Wildman–Crippen LogP) is 2.49. The van der Waals surface area contributed by atoms with E-state index in [1.165, 1.54) is 10.5 Å². The van der Waals surface area contributed by atoms with E-state index >= 15 is 0 Å². The molecule has 3 aromatic rings. The number of benzene rings is 1. The third-order valence-electron chi connectivity index (χ3n) is 3.83. The van der Waals surface area contributed by atoms with Crippen molar-refractivity contribution in [1.29, 1.82) is 0 Å². The average Bonchev–Trinajstić information content (AvgIpc) is 2.66. The molecule has 0 saturated heterocycles. The molecule has 0 aliphatic carbocycles. The van der Waals surface area contributed by atoms with Crippen molar-refractivity contribution in [2.45, 2.75) is 25.3 Å². The van der Waals surface area contributed by atoms with Crippen LogP contribution in [-0.4, -0.2) is 25.3 Å². The molecule has 2 heterocycles. The van der Waals surface area contributed by atoms with Crippen LogP contribution < -0.4 is 5.56 Å². The Morgan fingerprint density at radius 2 is 2.00 bits per heavy atom. The molecule has 0 fully saturated rings. The van der Waals surface area contributed by atoms with Crippen molar-refractivity contribution in [2.24, 2.45) is 0 Å². The van der Waals surface area contributed by atoms with E-state index in [0.717, 1.165) is 5.56 Å². The summed E-state index contributed by atoms with van der Waals surface area (Å²) >= 11 is 0. The quantitative estimate of drug-likeness (QED) is 0.645. The van der Waals surface area contributed by atoms with Gasteiger partial charge in [0.1, 0.15) is 12.3 Å². The molecule has 26 heavy (non-hydrogen) atoms. The number of carbonyl (C=O) groups excluding carboxylic acids is 1. The van der Waals surface area contributed by atoms with Gasteiger partial charge < -0.3 is 4.74 Å². The monoisotopic (exact) mass is 370 g/mol. The molecule has 0 saturated carbocycles. The lowest BCUT2D eigenvalue weighted by atomic mass is 10.2. The minimum absolute atomic E-state index is 0.133. The Bertz CT molecular complexity index is 1060. The highest BCUT2D eigenvalue weighted by atomic mass is 32.2. The molecule has 6 nitrogen and oxygen atoms in total. The molecule has 0 bridgehead atoms. The van der Waals surface area contributed by atoms with Gasteiger partial charge in [-0.2, -0.15) is 0 Å². The van der Waals surface area contributed by atoms with Crippen LogP contribution in [0.15, 0.2) is 58.4 Å². The van der Waals surface area contributed by atoms with Gasteiger partial charge in [0.05, 0.1) is 27.0 Å². The van der Waals surface area contributed by atoms with Crippen molar-refractivity contribution in [3.05, 3.63) is 75.8 Å². The van der Waals surface area contributed by atoms with Crippen LogP contribution in [0.1, 0.15) is 28.5 Å². The maximum Gasteiger partial charge on any atom is 0.339 e. The zero-order valence-corrected chi connectivity index (χ0v) is 15.3. The van der Waals surface area contributed by atoms with Gasteiger partial charge in [-0.05, 0) is 30.7 Å². The first-order chi connectivity index (χ1) is 12.5. The van der Waals surface area contributed by atoms with Crippen LogP contribution in [-0.2, 0) is 22.1 Å². The fourth-order valence-electron chi connectivity index (χ4n) is 2.54. The zero-order valence-electron chi connectivity index (χ0n) is 14.5. The molecule has 0 aliphatic heterocycles. The lowest BCUT2D eigenvalue weighted by Crippen LogP contribution is -2.17. The van der Waals surface area contributed by atoms with Gasteiger partial charge in [-0.1, -0.05) is 25.1 Å². The SMILES string of the molecule is CC[S@@](=O)c1ccccc1C(=O)OCc1cc(=O)n2cc(C)ccc2n1. The van der Waals surface area contributed by atoms with Gasteiger partial charge in [-0.3, -0.25) is 13.4 Å². The zero-order chi connectivity index (χ0) is 18.7. The number of hydrogen-bond acceptors (Lipinski definition) is 5. The highest BCUT2D eigenvalue weighted by molar-refractivity contribution is 7.85. The summed E-state index contributed by atoms with van der Waals surface area (Å²) in [6, 6.07) is 11.6. The number of aryl methyl sites for hydroxylation is 1. The Balaban J connectivity index is 1.83. The summed E-state index contributed by atoms with van der Waals surface area (Å²) in [7, 11) is -1.26. The molecule has 0 unspecified atom stereocenters. The number of aromatic nitrogens is 2. The largest absolute Gasteiger partial charge is 0.456 e. The normalized spacial score (nSPS) is 12.1. The predicted molar refractivity (Wildman–Crippen MR) is 98.7 cm³/mol. The van der Waals surface area contributed by atoms with E-state index in [1.807, 2.05) is 13.0 Å². The second-order valence-corrected chi connectivity index (χ2v) is 7.44. The molecule has 7 heteroatoms. The van der Waals surface area contributed by atoms with Crippen LogP contribution in [0.3, 0.4) is 0 Å². The third-order valence-corrected chi connectivity index (χ3v) is 5.20. The molecular weight excluding hydrogens is 352 g/mol. The van der Waals surface area contributed by atoms with E-state index in [4.69, 9.17) is 4.74 Å². The van der Waals surface area contributed by atoms with Crippen LogP contribution in [0.4, 0.5) is 0 Å². The summed E-state index contributed by atoms with van der Waals surface area (Å²) < 4.78 is 18.8. The number of esters is 1. The van der Waals surface area contributed by atoms with E-state index in [1.54, 1.807) is 43.5 Å². The Labute approximate surface area is 152 Å². The van der Waals surface area contributed by atoms with E-state index < -0.39 is 16.8 Å². The first-order valence-electron chi connectivity index (χ1n) is 8.13. The number of hydrogen-bond donors (Lipinski definition) is 0. The number of nitrogens with zero attached hydrogens (tertiary/aromatic N) is 2. The standard InChI is InChI=1S/C19H18N2O4S/c1-3-26(24)16-7-5-4-6-15(16)19(23)25-12-14-10-18(22)21-11-13(2)8-9-17(21)20-14/h4-11H,3,12H2,1-2H3/t26-/m1/s1. The van der Waals surface area contributed by atoms with Crippen LogP contribution >= 0.6 is 0 Å². The minimum Gasteiger partial charge on any atom is -0.456 e. The maximum absolute atomic E-state index is 12.4. The highest BCUT2D eigenvalue weighted by Crippen LogP contribution is 2.16. The van der Waals surface area contributed by atoms with Gasteiger partial charge in [-0.25, -0.2) is 9.78 Å². The van der Waals surface area contributed by atoms with Gasteiger partial charge in [0.15, 0.2) is 0 Å². The molecule has 0 spiro atoms. The fraction of sp³-hybridized carbons (Fsp3) is 0.211. The van der Waals surface area contributed by atoms with Gasteiger partial charge in [-0.15, -0.1) is 0 Å². The topological polar surface area (TPSA) is 77.7 Å². The van der Waals surface area contributed by atoms with Gasteiger partial charge in [0.2, 0.25) is 0 Å². The van der Waals surface area contributed by atoms with Gasteiger partial charge in [0, 0.05) is 18.0 Å². The average molecular weight is 370 g/mol. The number of pyridine rings is 1. The lowest BCUT2D eigenvalue weighted by molar-refractivity contribution is 0.0463. The van der Waals surface area contributed by atoms with Crippen LogP contribution in [0.5, 0.6) is 0 Å². The summed E-state index contributed by atoms with van der Waals surface area (Å²) in [6.07, 6.45) is 1.71. The second kappa shape index (κ2) is 7.61. The molecule has 0 aliphatic rings. The molecule has 1 aromatic carbocycles. The molecule has 1 atom stereocenters. The van der Waals surface area contributed by atoms with Crippen LogP contribution in [0, 0.1) is 6.92 Å². The number of ether oxygens (including phenoxy) is 1. The van der Waals surface area contributed by atoms with Crippen LogP contribution in [0.2, 0.25) is 0 Å². The Morgan fingerprint density at radius 1 is 1.23 bits per heavy atom. The van der Waals surface area contributed by atoms with Crippen molar-refractivity contribution in [3.8, 4) is 0 Å². The van der Waals surface area contributed by atoms with Crippen molar-refractivity contribution < 1.29 is 13.7 Å². The number of fused-ring (bicyclic) bond motifs is 1. The number of carbonyl (C=O) groups is 1. The van der Waals surface area contributed by atoms with E-state index in [0.29, 0.717) is 22.0 Å². The van der Waals surface area contributed by atoms with Crippen LogP contribution in [0.25, 0.3) is 5.65 Å². The molecule has 3 rings (SSSR count). The number of rotatable bonds is 5. The Kier molecular flexibility index (Phi) is 5.27. The molecule has 0 radical (unpaired) electrons. The van der Waals surface area contributed by atoms with Gasteiger partial charge >= 0.3 is 5.97 Å². The van der Waals surface area contributed by atoms with Gasteiger partial charge in [0.25, 0.3) is 5.56 Å². The highest BCUT2D eigenvalue weighted by Gasteiger charge is 2.16. The second-order valence-electron chi connectivity index (χ2n) is 5.73. The summed E-state index contributed by atoms with van der Waals surface area (Å²) in [4.78, 5) is 29.4. The van der Waals surface area contributed by atoms with E-state index in [-0.39, 0.29) is 17.7 Å². The van der Waals surface area contributed by atoms with Crippen molar-refractivity contribution >= 4 is 22.4 Å². The first kappa shape index (κ1) is 18.0. The molecule has 2 aromatic heterocycles. The summed E-state index contributed by atoms with van der Waals surface area (Å²) in [5.74, 6) is -0.180. The molecule has 134 valence electrons. The Hall–Kier alpha value is -2.80. The van der Waals surface area contributed by atoms with E-state index in [2.05, 4.69) is 4.98 Å². The third kappa shape index (κ3) is 3.72. The summed E-state index contributed by atoms with van der Waals surface area (Å²) in [6.45, 7) is 3.54. The maximum atomic E-state index is 12.4. The summed E-state index contributed by atoms with van der Waals surface area (Å²) in [5.41, 5.74) is 1.82. The summed E-state index contributed by atoms with van der Waals surface area (Å²) in [5, 5.41) is 0. The van der Waals surface area contributed by atoms with Crippen molar-refractivity contribution in [3.63, 3.8) is 0 Å². The van der Waals surface area contributed by atoms with E-state index in [9.17, 15) is 13.8 Å². The molecular formula is C19H18N2O4S. The minimum atomic E-state index is -1.26. The molecule has 0 N–H and O–H groups in total. The lowest BCUT2D eigenvalue weighted by Gasteiger charge is -2.09. The smallest absolute Gasteiger partial charge is 0.339 e. The van der Waals surface area contributed by atoms with Crippen molar-refractivity contribution in [1.82, 2.24) is 9.38 Å². The first-order valence-corrected chi connectivity index (χ1v) is 9.45. The van der Waals surface area contributed by atoms with Crippen molar-refractivity contribution in [2.75, 3.05) is 5.75 Å². The Morgan fingerprint density at radius 3 is 2.77 bits per heavy atom. The molecule has 0 amide bonds.